The van der Waals surface area contributed by atoms with Crippen molar-refractivity contribution in [2.45, 2.75) is 37.1 Å². The van der Waals surface area contributed by atoms with E-state index in [0.29, 0.717) is 17.7 Å². The van der Waals surface area contributed by atoms with Gasteiger partial charge in [0.1, 0.15) is 44.7 Å². The van der Waals surface area contributed by atoms with Crippen LogP contribution in [-0.4, -0.2) is 69.9 Å². The number of aryl methyl sites for hydroxylation is 1. The first-order valence-electron chi connectivity index (χ1n) is 16.1. The molecule has 0 radical (unpaired) electrons. The summed E-state index contributed by atoms with van der Waals surface area (Å²) in [4.78, 5) is 34.9. The third-order valence-electron chi connectivity index (χ3n) is 8.39. The van der Waals surface area contributed by atoms with Crippen LogP contribution in [0, 0.1) is 13.8 Å². The number of amides is 1. The van der Waals surface area contributed by atoms with E-state index in [0.717, 1.165) is 16.7 Å². The number of nitrogens with zero attached hydrogens (tertiary/aromatic N) is 7. The number of nitrogens with two attached hydrogens (primary N) is 1. The molecule has 0 saturated carbocycles. The van der Waals surface area contributed by atoms with E-state index in [4.69, 9.17) is 10.5 Å². The quantitative estimate of drug-likeness (QED) is 0.0535. The van der Waals surface area contributed by atoms with Gasteiger partial charge in [0.05, 0.1) is 34.3 Å². The molecule has 0 bridgehead atoms. The number of carbonyl (C=O) groups excluding carboxylic acids is 1. The minimum Gasteiger partial charge on any atom is -0.507 e. The SMILES string of the molecule is CCn1c(O)c(/N=N/c2ccc(/N=N/c3cc(OC)c(/N=N/c4c(S(=O)(=O)O)cc5cc(S(=O)(=O)O)cc(O)c5c4O)cc3C)c(C(=O)O)c2)c(C)c(C(N)=O)c1=O. The number of phenols is 2. The first kappa shape index (κ1) is 42.0. The molecule has 0 aliphatic heterocycles. The molecular formula is C34H30N8O14S2. The van der Waals surface area contributed by atoms with Crippen LogP contribution in [-0.2, 0) is 26.8 Å². The lowest BCUT2D eigenvalue weighted by Gasteiger charge is -2.12. The Bertz CT molecular complexity index is 2960. The van der Waals surface area contributed by atoms with Gasteiger partial charge >= 0.3 is 5.97 Å². The number of fused-ring (bicyclic) bond motifs is 1. The third-order valence-corrected chi connectivity index (χ3v) is 10.1. The van der Waals surface area contributed by atoms with Crippen LogP contribution in [0.15, 0.2) is 93.8 Å². The van der Waals surface area contributed by atoms with Crippen LogP contribution in [0.1, 0.15) is 38.8 Å². The molecule has 4 aromatic carbocycles. The predicted octanol–water partition coefficient (Wildman–Crippen LogP) is 6.30. The molecule has 0 aliphatic carbocycles. The summed E-state index contributed by atoms with van der Waals surface area (Å²) < 4.78 is 73.3. The zero-order chi connectivity index (χ0) is 43.0. The van der Waals surface area contributed by atoms with Gasteiger partial charge in [-0.2, -0.15) is 27.1 Å². The zero-order valence-electron chi connectivity index (χ0n) is 30.3. The fourth-order valence-electron chi connectivity index (χ4n) is 5.56. The lowest BCUT2D eigenvalue weighted by Crippen LogP contribution is -2.30. The van der Waals surface area contributed by atoms with Crippen LogP contribution in [0.3, 0.4) is 0 Å². The van der Waals surface area contributed by atoms with E-state index in [2.05, 4.69) is 30.7 Å². The lowest BCUT2D eigenvalue weighted by molar-refractivity contribution is 0.0697. The van der Waals surface area contributed by atoms with E-state index in [1.807, 2.05) is 0 Å². The fourth-order valence-corrected chi connectivity index (χ4v) is 6.76. The van der Waals surface area contributed by atoms with Gasteiger partial charge in [0.25, 0.3) is 31.7 Å². The Morgan fingerprint density at radius 3 is 2.03 bits per heavy atom. The van der Waals surface area contributed by atoms with Crippen LogP contribution in [0.4, 0.5) is 34.1 Å². The van der Waals surface area contributed by atoms with E-state index >= 15 is 0 Å². The second-order valence-electron chi connectivity index (χ2n) is 12.1. The highest BCUT2D eigenvalue weighted by Gasteiger charge is 2.26. The summed E-state index contributed by atoms with van der Waals surface area (Å²) in [7, 11) is -8.82. The number of carbonyl (C=O) groups is 2. The Labute approximate surface area is 326 Å². The van der Waals surface area contributed by atoms with Crippen molar-refractivity contribution in [3.63, 3.8) is 0 Å². The van der Waals surface area contributed by atoms with E-state index in [9.17, 15) is 60.8 Å². The molecule has 8 N–H and O–H groups in total. The number of carboxylic acids is 1. The molecule has 0 spiro atoms. The van der Waals surface area contributed by atoms with Crippen molar-refractivity contribution in [3.8, 4) is 23.1 Å². The number of methoxy groups -OCH3 is 1. The second kappa shape index (κ2) is 15.8. The molecule has 0 fully saturated rings. The molecule has 0 aliphatic rings. The van der Waals surface area contributed by atoms with Crippen molar-refractivity contribution in [1.29, 1.82) is 0 Å². The summed E-state index contributed by atoms with van der Waals surface area (Å²) in [5.41, 5.74) is 2.85. The van der Waals surface area contributed by atoms with Crippen LogP contribution in [0.2, 0.25) is 0 Å². The standard InChI is InChI=1S/C34H30N8O14S2/c1-5-42-32(46)26(31(35)45)15(3)28(33(42)47)40-36-17-6-7-20(19(11-17)34(48)49)37-38-21-13-24(56-4)22(8-14(21)2)39-41-29-25(58(53,54)55)10-16-9-18(57(50,51)52)12-23(43)27(16)30(29)44/h6-13,43-44,47H,5H2,1-4H3,(H2,35,45)(H,48,49)(H,50,51,52)(H,53,54,55)/b38-37+,40-36+,41-39+. The van der Waals surface area contributed by atoms with E-state index in [-0.39, 0.29) is 51.9 Å². The van der Waals surface area contributed by atoms with Gasteiger partial charge in [-0.15, -0.1) is 20.5 Å². The van der Waals surface area contributed by atoms with E-state index in [1.165, 1.54) is 38.3 Å². The van der Waals surface area contributed by atoms with Crippen molar-refractivity contribution in [3.05, 3.63) is 81.1 Å². The van der Waals surface area contributed by atoms with Crippen molar-refractivity contribution in [1.82, 2.24) is 4.57 Å². The molecule has 58 heavy (non-hydrogen) atoms. The molecule has 0 unspecified atom stereocenters. The highest BCUT2D eigenvalue weighted by Crippen LogP contribution is 2.46. The normalized spacial score (nSPS) is 12.3. The average molecular weight is 839 g/mol. The Hall–Kier alpha value is -7.15. The molecule has 0 atom stereocenters. The third kappa shape index (κ3) is 8.19. The molecule has 5 aromatic rings. The summed E-state index contributed by atoms with van der Waals surface area (Å²) in [6.07, 6.45) is 0. The van der Waals surface area contributed by atoms with Crippen molar-refractivity contribution < 1.29 is 60.7 Å². The minimum absolute atomic E-state index is 0.0229. The van der Waals surface area contributed by atoms with E-state index < -0.39 is 86.9 Å². The molecular weight excluding hydrogens is 809 g/mol. The maximum Gasteiger partial charge on any atom is 0.338 e. The Morgan fingerprint density at radius 2 is 1.45 bits per heavy atom. The Balaban J connectivity index is 1.51. The summed E-state index contributed by atoms with van der Waals surface area (Å²) in [5, 5.41) is 64.8. The van der Waals surface area contributed by atoms with Crippen LogP contribution < -0.4 is 16.0 Å². The van der Waals surface area contributed by atoms with Crippen molar-refractivity contribution in [2.75, 3.05) is 7.11 Å². The first-order chi connectivity index (χ1) is 27.1. The number of azo groups is 3. The van der Waals surface area contributed by atoms with Gasteiger partial charge in [0.15, 0.2) is 5.75 Å². The number of benzene rings is 4. The summed E-state index contributed by atoms with van der Waals surface area (Å²) in [6.45, 7) is 4.39. The summed E-state index contributed by atoms with van der Waals surface area (Å²) in [6, 6.07) is 8.39. The van der Waals surface area contributed by atoms with Crippen LogP contribution in [0.25, 0.3) is 10.8 Å². The van der Waals surface area contributed by atoms with Crippen molar-refractivity contribution in [2.24, 2.45) is 36.4 Å². The molecule has 24 heteroatoms. The lowest BCUT2D eigenvalue weighted by atomic mass is 10.1. The number of aromatic carboxylic acids is 1. The van der Waals surface area contributed by atoms with Gasteiger partial charge in [-0.25, -0.2) is 4.79 Å². The minimum atomic E-state index is -5.17. The number of rotatable bonds is 12. The van der Waals surface area contributed by atoms with Crippen LogP contribution >= 0.6 is 0 Å². The smallest absolute Gasteiger partial charge is 0.338 e. The van der Waals surface area contributed by atoms with Crippen LogP contribution in [0.5, 0.6) is 23.1 Å². The highest BCUT2D eigenvalue weighted by molar-refractivity contribution is 7.86. The molecule has 0 saturated heterocycles. The highest BCUT2D eigenvalue weighted by atomic mass is 32.2. The summed E-state index contributed by atoms with van der Waals surface area (Å²) >= 11 is 0. The maximum absolute atomic E-state index is 12.6. The van der Waals surface area contributed by atoms with Gasteiger partial charge in [-0.05, 0) is 68.1 Å². The van der Waals surface area contributed by atoms with Gasteiger partial charge < -0.3 is 30.9 Å². The van der Waals surface area contributed by atoms with Gasteiger partial charge in [0, 0.05) is 24.2 Å². The molecule has 1 aromatic heterocycles. The van der Waals surface area contributed by atoms with Gasteiger partial charge in [-0.3, -0.25) is 23.3 Å². The molecule has 22 nitrogen and oxygen atoms in total. The largest absolute Gasteiger partial charge is 0.507 e. The zero-order valence-corrected chi connectivity index (χ0v) is 31.9. The number of primary amides is 1. The van der Waals surface area contributed by atoms with Gasteiger partial charge in [0.2, 0.25) is 5.88 Å². The monoisotopic (exact) mass is 838 g/mol. The van der Waals surface area contributed by atoms with Gasteiger partial charge in [-0.1, -0.05) is 0 Å². The number of ether oxygens (including phenoxy) is 1. The number of hydrogen-bond acceptors (Lipinski definition) is 17. The Kier molecular flexibility index (Phi) is 11.4. The van der Waals surface area contributed by atoms with E-state index in [1.54, 1.807) is 13.8 Å². The first-order valence-corrected chi connectivity index (χ1v) is 19.0. The maximum atomic E-state index is 12.6. The average Bonchev–Trinajstić information content (AvgIpc) is 3.13. The molecule has 1 amide bonds. The topological polar surface area (TPSA) is 355 Å². The van der Waals surface area contributed by atoms with Crippen molar-refractivity contribution >= 4 is 77.0 Å². The second-order valence-corrected chi connectivity index (χ2v) is 14.9. The molecule has 302 valence electrons. The summed E-state index contributed by atoms with van der Waals surface area (Å²) in [5.74, 6) is -5.02. The number of aromatic hydroxyl groups is 3. The fraction of sp³-hybridized carbons (Fsp3) is 0.147. The number of aromatic nitrogens is 1. The number of phenolic OH excluding ortho intramolecular Hbond substituents is 2. The number of hydrogen-bond donors (Lipinski definition) is 7. The number of carboxylic acid groups (broad SMARTS) is 1. The predicted molar refractivity (Wildman–Crippen MR) is 202 cm³/mol. The Morgan fingerprint density at radius 1 is 0.810 bits per heavy atom. The molecule has 1 heterocycles. The number of pyridine rings is 1. The molecule has 5 rings (SSSR count).